The highest BCUT2D eigenvalue weighted by atomic mass is 33.1. The SMILES string of the molecule is COc1cc2c(cc1OCc1cc(COc3cc4c(cc3C)C(=O)N3Cc5ccccc5C[C@H]3C(S(=O)(=O)OC)C4)cc(NC(=O)C(C)(C)SSCCC(C(=O)ON3C(=O)CC(C)C3=O)S(=O)(=O)OC)c1)CC[C@@H]1Cc3ccccc3CN1C2=O. The molecule has 450 valence electrons. The molecule has 0 spiro atoms. The van der Waals surface area contributed by atoms with Crippen molar-refractivity contribution in [1.82, 2.24) is 14.9 Å². The van der Waals surface area contributed by atoms with Crippen molar-refractivity contribution in [1.29, 1.82) is 0 Å². The molecule has 0 radical (unpaired) electrons. The third-order valence-electron chi connectivity index (χ3n) is 16.3. The van der Waals surface area contributed by atoms with Crippen molar-refractivity contribution in [2.75, 3.05) is 32.4 Å². The van der Waals surface area contributed by atoms with Crippen LogP contribution in [-0.4, -0.2) is 122 Å². The van der Waals surface area contributed by atoms with Crippen LogP contribution in [0.3, 0.4) is 0 Å². The number of benzene rings is 5. The van der Waals surface area contributed by atoms with Gasteiger partial charge in [0.2, 0.25) is 5.91 Å². The first-order valence-electron chi connectivity index (χ1n) is 27.8. The highest BCUT2D eigenvalue weighted by Gasteiger charge is 2.46. The Hall–Kier alpha value is -6.96. The van der Waals surface area contributed by atoms with E-state index >= 15 is 0 Å². The summed E-state index contributed by atoms with van der Waals surface area (Å²) in [6.07, 6.45) is 1.93. The fraction of sp³-hybridized carbons (Fsp3) is 0.410. The smallest absolute Gasteiger partial charge is 0.353 e. The van der Waals surface area contributed by atoms with Gasteiger partial charge >= 0.3 is 5.97 Å². The van der Waals surface area contributed by atoms with E-state index in [0.29, 0.717) is 75.7 Å². The molecule has 85 heavy (non-hydrogen) atoms. The highest BCUT2D eigenvalue weighted by molar-refractivity contribution is 8.77. The van der Waals surface area contributed by atoms with Gasteiger partial charge in [0.05, 0.1) is 32.1 Å². The lowest BCUT2D eigenvalue weighted by molar-refractivity contribution is -0.197. The number of nitrogens with one attached hydrogen (secondary N) is 1. The molecule has 5 heterocycles. The van der Waals surface area contributed by atoms with Gasteiger partial charge in [0.1, 0.15) is 24.2 Å². The summed E-state index contributed by atoms with van der Waals surface area (Å²) in [4.78, 5) is 89.5. The number of aryl methyl sites for hydroxylation is 2. The molecule has 5 amide bonds. The first-order chi connectivity index (χ1) is 40.5. The Morgan fingerprint density at radius 2 is 1.32 bits per heavy atom. The molecule has 24 heteroatoms. The van der Waals surface area contributed by atoms with E-state index in [1.807, 2.05) is 53.4 Å². The third-order valence-corrected chi connectivity index (χ3v) is 22.9. The lowest BCUT2D eigenvalue weighted by Gasteiger charge is -2.38. The van der Waals surface area contributed by atoms with Crippen molar-refractivity contribution < 1.29 is 73.0 Å². The molecule has 1 saturated heterocycles. The number of ether oxygens (including phenoxy) is 3. The van der Waals surface area contributed by atoms with Crippen molar-refractivity contribution in [3.05, 3.63) is 152 Å². The number of rotatable bonds is 20. The molecule has 1 fully saturated rings. The fourth-order valence-electron chi connectivity index (χ4n) is 11.6. The largest absolute Gasteiger partial charge is 0.493 e. The van der Waals surface area contributed by atoms with Crippen molar-refractivity contribution >= 4 is 83.0 Å². The average molecular weight is 1240 g/mol. The minimum atomic E-state index is -4.54. The maximum atomic E-state index is 14.5. The Morgan fingerprint density at radius 1 is 0.706 bits per heavy atom. The normalized spacial score (nSPS) is 19.7. The summed E-state index contributed by atoms with van der Waals surface area (Å²) in [5.74, 6) is -3.30. The maximum Gasteiger partial charge on any atom is 0.353 e. The van der Waals surface area contributed by atoms with Gasteiger partial charge in [-0.1, -0.05) is 77.0 Å². The summed E-state index contributed by atoms with van der Waals surface area (Å²) >= 11 is 0. The molecule has 0 bridgehead atoms. The minimum absolute atomic E-state index is 0.00399. The Kier molecular flexibility index (Phi) is 17.8. The van der Waals surface area contributed by atoms with Crippen LogP contribution in [0.15, 0.2) is 91.0 Å². The molecular weight excluding hydrogens is 1170 g/mol. The van der Waals surface area contributed by atoms with Crippen LogP contribution >= 0.6 is 21.6 Å². The number of methoxy groups -OCH3 is 1. The number of amides is 5. The van der Waals surface area contributed by atoms with Crippen LogP contribution in [0.1, 0.15) is 111 Å². The van der Waals surface area contributed by atoms with Crippen LogP contribution in [0.4, 0.5) is 5.69 Å². The molecule has 5 atom stereocenters. The first kappa shape index (κ1) is 61.1. The number of hydrogen-bond donors (Lipinski definition) is 1. The summed E-state index contributed by atoms with van der Waals surface area (Å²) in [5, 5.41) is 0.336. The quantitative estimate of drug-likeness (QED) is 0.0337. The molecule has 0 saturated carbocycles. The lowest BCUT2D eigenvalue weighted by atomic mass is 9.91. The molecule has 3 unspecified atom stereocenters. The number of carbonyl (C=O) groups excluding carboxylic acids is 6. The van der Waals surface area contributed by atoms with E-state index in [2.05, 4.69) is 21.6 Å². The van der Waals surface area contributed by atoms with E-state index in [4.69, 9.17) is 23.2 Å². The first-order valence-corrected chi connectivity index (χ1v) is 33.0. The van der Waals surface area contributed by atoms with E-state index in [9.17, 15) is 45.6 Å². The molecule has 5 aliphatic rings. The number of hydrogen-bond acceptors (Lipinski definition) is 18. The van der Waals surface area contributed by atoms with E-state index in [-0.39, 0.29) is 67.7 Å². The monoisotopic (exact) mass is 1240 g/mol. The number of imide groups is 1. The van der Waals surface area contributed by atoms with Gasteiger partial charge in [-0.25, -0.2) is 4.79 Å². The summed E-state index contributed by atoms with van der Waals surface area (Å²) in [7, 11) is -2.95. The maximum absolute atomic E-state index is 14.5. The van der Waals surface area contributed by atoms with E-state index in [1.54, 1.807) is 56.0 Å². The molecule has 20 nitrogen and oxygen atoms in total. The van der Waals surface area contributed by atoms with Gasteiger partial charge in [-0.3, -0.25) is 32.3 Å². The van der Waals surface area contributed by atoms with Crippen LogP contribution in [0, 0.1) is 12.8 Å². The van der Waals surface area contributed by atoms with Crippen LogP contribution in [0.5, 0.6) is 17.2 Å². The van der Waals surface area contributed by atoms with Gasteiger partial charge < -0.3 is 34.2 Å². The molecule has 5 aliphatic heterocycles. The molecule has 0 aromatic heterocycles. The van der Waals surface area contributed by atoms with Gasteiger partial charge in [0.25, 0.3) is 43.9 Å². The fourth-order valence-corrected chi connectivity index (χ4v) is 16.4. The van der Waals surface area contributed by atoms with Gasteiger partial charge in [-0.15, -0.1) is 5.06 Å². The number of nitrogens with zero attached hydrogens (tertiary/aromatic N) is 3. The number of anilines is 1. The Labute approximate surface area is 502 Å². The van der Waals surface area contributed by atoms with E-state index in [0.717, 1.165) is 70.9 Å². The number of hydroxylamine groups is 2. The molecule has 10 rings (SSSR count). The zero-order valence-corrected chi connectivity index (χ0v) is 51.3. The lowest BCUT2D eigenvalue weighted by Crippen LogP contribution is -2.52. The van der Waals surface area contributed by atoms with E-state index in [1.165, 1.54) is 19.6 Å². The predicted molar refractivity (Wildman–Crippen MR) is 317 cm³/mol. The van der Waals surface area contributed by atoms with E-state index < -0.39 is 71.1 Å². The third kappa shape index (κ3) is 12.8. The zero-order chi connectivity index (χ0) is 60.7. The van der Waals surface area contributed by atoms with Crippen molar-refractivity contribution in [3.8, 4) is 17.2 Å². The number of carbonyl (C=O) groups is 6. The van der Waals surface area contributed by atoms with Crippen molar-refractivity contribution in [2.24, 2.45) is 5.92 Å². The molecule has 5 aromatic carbocycles. The standard InChI is InChI=1S/C61H66N4O16S4/c1-35-20-47-44(29-54(85(74,75)78-7)49-26-40-13-9-11-15-43(40)32-64(49)58(47)69)28-50(35)79-33-37-22-38(34-80-52-27-41-16-17-46-25-39-12-8-10-14-42(39)31-63(46)57(68)48(41)30-51(52)76-5)24-45(23-37)62-60(71)61(3,4)83-82-19-18-53(84(72,73)77-6)59(70)81-65-55(66)21-36(2)56(65)67/h8-15,20,22-24,27-28,30,36,46,49,53-54H,16-19,21,25-26,29,31-34H2,1-7H3,(H,62,71)/t36?,46-,49+,53?,54?/m1/s1. The second-order valence-corrected chi connectivity index (χ2v) is 29.2. The second-order valence-electron chi connectivity index (χ2n) is 22.4. The summed E-state index contributed by atoms with van der Waals surface area (Å²) in [6.45, 7) is 7.29. The summed E-state index contributed by atoms with van der Waals surface area (Å²) in [5.41, 5.74) is 8.72. The minimum Gasteiger partial charge on any atom is -0.493 e. The van der Waals surface area contributed by atoms with Crippen LogP contribution < -0.4 is 19.5 Å². The van der Waals surface area contributed by atoms with Crippen LogP contribution in [0.25, 0.3) is 0 Å². The Balaban J connectivity index is 0.890. The summed E-state index contributed by atoms with van der Waals surface area (Å²) in [6, 6.07) is 27.6. The molecule has 1 N–H and O–H groups in total. The van der Waals surface area contributed by atoms with Crippen LogP contribution in [-0.2, 0) is 105 Å². The van der Waals surface area contributed by atoms with Crippen molar-refractivity contribution in [3.63, 3.8) is 0 Å². The van der Waals surface area contributed by atoms with Gasteiger partial charge in [-0.05, 0) is 152 Å². The van der Waals surface area contributed by atoms with Gasteiger partial charge in [-0.2, -0.15) is 16.8 Å². The summed E-state index contributed by atoms with van der Waals surface area (Å²) < 4.78 is 80.8. The Morgan fingerprint density at radius 3 is 1.95 bits per heavy atom. The van der Waals surface area contributed by atoms with Gasteiger partial charge in [0, 0.05) is 54.0 Å². The Bertz CT molecular complexity index is 3740. The molecule has 5 aromatic rings. The number of fused-ring (bicyclic) bond motifs is 6. The molecular formula is C61H66N4O16S4. The van der Waals surface area contributed by atoms with Crippen LogP contribution in [0.2, 0.25) is 0 Å². The predicted octanol–water partition coefficient (Wildman–Crippen LogP) is 7.83. The highest BCUT2D eigenvalue weighted by Crippen LogP contribution is 2.41. The average Bonchev–Trinajstić information content (AvgIpc) is 2.69. The van der Waals surface area contributed by atoms with Gasteiger partial charge in [0.15, 0.2) is 16.7 Å². The second kappa shape index (κ2) is 24.8. The molecule has 0 aliphatic carbocycles. The topological polar surface area (TPSA) is 248 Å². The zero-order valence-electron chi connectivity index (χ0n) is 48.0. The van der Waals surface area contributed by atoms with Crippen molar-refractivity contribution in [2.45, 2.75) is 126 Å².